The third-order valence-electron chi connectivity index (χ3n) is 1.92. The van der Waals surface area contributed by atoms with Crippen LogP contribution < -0.4 is 0 Å². The van der Waals surface area contributed by atoms with Gasteiger partial charge in [-0.1, -0.05) is 0 Å². The number of carboxylic acid groups (broad SMARTS) is 1. The number of halogens is 5. The molecule has 0 aliphatic carbocycles. The van der Waals surface area contributed by atoms with E-state index in [1.807, 2.05) is 0 Å². The number of benzene rings is 1. The summed E-state index contributed by atoms with van der Waals surface area (Å²) in [6.07, 6.45) is 0.0597. The molecule has 1 aromatic rings. The van der Waals surface area contributed by atoms with Crippen molar-refractivity contribution in [2.45, 2.75) is 12.8 Å². The van der Waals surface area contributed by atoms with Crippen LogP contribution in [0.15, 0.2) is 0 Å². The SMILES string of the molecule is O=C(O)CCCO[N+](=O)[O-].Oc1c(F)c(F)c(F)c(F)c1F. The highest BCUT2D eigenvalue weighted by molar-refractivity contribution is 5.66. The zero-order chi connectivity index (χ0) is 17.4. The van der Waals surface area contributed by atoms with Gasteiger partial charge in [-0.2, -0.15) is 8.78 Å². The van der Waals surface area contributed by atoms with Gasteiger partial charge in [-0.25, -0.2) is 13.2 Å². The topological polar surface area (TPSA) is 110 Å². The monoisotopic (exact) mass is 333 g/mol. The maximum atomic E-state index is 12.2. The molecule has 0 radical (unpaired) electrons. The smallest absolute Gasteiger partial charge is 0.303 e. The first-order valence-electron chi connectivity index (χ1n) is 5.29. The summed E-state index contributed by atoms with van der Waals surface area (Å²) >= 11 is 0. The molecule has 0 aromatic heterocycles. The van der Waals surface area contributed by atoms with Gasteiger partial charge in [-0.05, 0) is 6.42 Å². The minimum Gasteiger partial charge on any atom is -0.503 e. The average molecular weight is 333 g/mol. The molecule has 0 amide bonds. The molecule has 0 unspecified atom stereocenters. The number of carboxylic acids is 1. The molecule has 1 rings (SSSR count). The van der Waals surface area contributed by atoms with Gasteiger partial charge in [-0.15, -0.1) is 10.1 Å². The van der Waals surface area contributed by atoms with Gasteiger partial charge >= 0.3 is 5.97 Å². The van der Waals surface area contributed by atoms with Crippen LogP contribution in [0.4, 0.5) is 22.0 Å². The Balaban J connectivity index is 0.000000409. The number of aromatic hydroxyl groups is 1. The fraction of sp³-hybridized carbons (Fsp3) is 0.300. The minimum atomic E-state index is -2.29. The van der Waals surface area contributed by atoms with E-state index in [9.17, 15) is 36.9 Å². The third-order valence-corrected chi connectivity index (χ3v) is 1.92. The molecular formula is C10H8F5NO6. The molecule has 124 valence electrons. The Kier molecular flexibility index (Phi) is 7.55. The van der Waals surface area contributed by atoms with Crippen LogP contribution in [-0.2, 0) is 9.63 Å². The molecule has 0 fully saturated rings. The lowest BCUT2D eigenvalue weighted by Gasteiger charge is -2.00. The van der Waals surface area contributed by atoms with E-state index in [4.69, 9.17) is 10.2 Å². The van der Waals surface area contributed by atoms with Crippen molar-refractivity contribution in [2.24, 2.45) is 0 Å². The summed E-state index contributed by atoms with van der Waals surface area (Å²) in [5.41, 5.74) is 0. The number of phenols is 1. The number of rotatable bonds is 5. The summed E-state index contributed by atoms with van der Waals surface area (Å²) in [6, 6.07) is 0. The van der Waals surface area contributed by atoms with Gasteiger partial charge in [0.2, 0.25) is 29.1 Å². The normalized spacial score (nSPS) is 9.68. The second-order valence-corrected chi connectivity index (χ2v) is 3.47. The Hall–Kier alpha value is -2.66. The first-order chi connectivity index (χ1) is 10.1. The fourth-order valence-electron chi connectivity index (χ4n) is 0.956. The first-order valence-corrected chi connectivity index (χ1v) is 5.29. The number of nitrogens with zero attached hydrogens (tertiary/aromatic N) is 1. The standard InChI is InChI=1S/C6HF5O.C4H7NO5/c7-1-2(8)4(10)6(12)5(11)3(1)9;6-4(7)2-1-3-10-5(8)9/h12H;1-3H2,(H,6,7). The molecular weight excluding hydrogens is 325 g/mol. The molecule has 0 heterocycles. The second kappa shape index (κ2) is 8.59. The molecule has 2 N–H and O–H groups in total. The van der Waals surface area contributed by atoms with Crippen molar-refractivity contribution in [3.63, 3.8) is 0 Å². The molecule has 0 spiro atoms. The quantitative estimate of drug-likeness (QED) is 0.213. The molecule has 7 nitrogen and oxygen atoms in total. The molecule has 0 aliphatic heterocycles. The molecule has 1 aromatic carbocycles. The van der Waals surface area contributed by atoms with Crippen molar-refractivity contribution < 1.29 is 46.9 Å². The third kappa shape index (κ3) is 5.76. The predicted octanol–water partition coefficient (Wildman–Crippen LogP) is 2.15. The summed E-state index contributed by atoms with van der Waals surface area (Å²) in [5.74, 6) is -13.9. The summed E-state index contributed by atoms with van der Waals surface area (Å²) in [4.78, 5) is 23.1. The number of aliphatic carboxylic acids is 1. The van der Waals surface area contributed by atoms with E-state index in [1.165, 1.54) is 0 Å². The Morgan fingerprint density at radius 1 is 1.05 bits per heavy atom. The molecule has 0 saturated carbocycles. The average Bonchev–Trinajstić information content (AvgIpc) is 2.46. The van der Waals surface area contributed by atoms with Gasteiger partial charge in [0.05, 0.1) is 6.61 Å². The van der Waals surface area contributed by atoms with E-state index in [-0.39, 0.29) is 19.4 Å². The largest absolute Gasteiger partial charge is 0.503 e. The minimum absolute atomic E-state index is 0.103. The van der Waals surface area contributed by atoms with Crippen molar-refractivity contribution in [3.8, 4) is 5.75 Å². The van der Waals surface area contributed by atoms with Crippen LogP contribution in [0.5, 0.6) is 5.75 Å². The van der Waals surface area contributed by atoms with Crippen LogP contribution in [0.2, 0.25) is 0 Å². The number of phenolic OH excluding ortho intramolecular Hbond substituents is 1. The highest BCUT2D eigenvalue weighted by atomic mass is 19.2. The van der Waals surface area contributed by atoms with Crippen LogP contribution in [0, 0.1) is 39.2 Å². The second-order valence-electron chi connectivity index (χ2n) is 3.47. The molecule has 0 atom stereocenters. The van der Waals surface area contributed by atoms with Gasteiger partial charge in [0.25, 0.3) is 5.09 Å². The van der Waals surface area contributed by atoms with E-state index in [1.54, 1.807) is 0 Å². The zero-order valence-corrected chi connectivity index (χ0v) is 10.5. The summed E-state index contributed by atoms with van der Waals surface area (Å²) in [6.45, 7) is -0.153. The Labute approximate surface area is 118 Å². The summed E-state index contributed by atoms with van der Waals surface area (Å²) < 4.78 is 60.6. The predicted molar refractivity (Wildman–Crippen MR) is 57.7 cm³/mol. The van der Waals surface area contributed by atoms with Crippen molar-refractivity contribution in [1.29, 1.82) is 0 Å². The van der Waals surface area contributed by atoms with Crippen molar-refractivity contribution >= 4 is 5.97 Å². The molecule has 0 saturated heterocycles. The number of hydrogen-bond acceptors (Lipinski definition) is 5. The fourth-order valence-corrected chi connectivity index (χ4v) is 0.956. The maximum Gasteiger partial charge on any atom is 0.303 e. The molecule has 0 bridgehead atoms. The van der Waals surface area contributed by atoms with E-state index in [0.29, 0.717) is 0 Å². The highest BCUT2D eigenvalue weighted by Gasteiger charge is 2.24. The van der Waals surface area contributed by atoms with Crippen molar-refractivity contribution in [1.82, 2.24) is 0 Å². The highest BCUT2D eigenvalue weighted by Crippen LogP contribution is 2.27. The van der Waals surface area contributed by atoms with E-state index >= 15 is 0 Å². The Bertz CT molecular complexity index is 446. The van der Waals surface area contributed by atoms with Gasteiger partial charge in [0.1, 0.15) is 0 Å². The van der Waals surface area contributed by atoms with E-state index in [0.717, 1.165) is 0 Å². The summed E-state index contributed by atoms with van der Waals surface area (Å²) in [5, 5.41) is 24.9. The van der Waals surface area contributed by atoms with Crippen molar-refractivity contribution in [3.05, 3.63) is 39.2 Å². The van der Waals surface area contributed by atoms with E-state index in [2.05, 4.69) is 4.84 Å². The first kappa shape index (κ1) is 19.3. The van der Waals surface area contributed by atoms with Crippen LogP contribution >= 0.6 is 0 Å². The van der Waals surface area contributed by atoms with Crippen LogP contribution in [0.3, 0.4) is 0 Å². The maximum absolute atomic E-state index is 12.2. The van der Waals surface area contributed by atoms with Gasteiger partial charge in [0, 0.05) is 6.42 Å². The van der Waals surface area contributed by atoms with Crippen LogP contribution in [0.1, 0.15) is 12.8 Å². The van der Waals surface area contributed by atoms with Gasteiger partial charge in [0.15, 0.2) is 5.75 Å². The lowest BCUT2D eigenvalue weighted by molar-refractivity contribution is -0.757. The van der Waals surface area contributed by atoms with E-state index < -0.39 is 45.9 Å². The van der Waals surface area contributed by atoms with Crippen LogP contribution in [0.25, 0.3) is 0 Å². The van der Waals surface area contributed by atoms with Crippen LogP contribution in [-0.4, -0.2) is 27.9 Å². The molecule has 12 heteroatoms. The summed E-state index contributed by atoms with van der Waals surface area (Å²) in [7, 11) is 0. The lowest BCUT2D eigenvalue weighted by Crippen LogP contribution is -2.04. The number of hydrogen-bond donors (Lipinski definition) is 2. The zero-order valence-electron chi connectivity index (χ0n) is 10.5. The van der Waals surface area contributed by atoms with Gasteiger partial charge < -0.3 is 15.1 Å². The lowest BCUT2D eigenvalue weighted by atomic mass is 10.3. The Morgan fingerprint density at radius 2 is 1.45 bits per heavy atom. The molecule has 0 aliphatic rings. The van der Waals surface area contributed by atoms with Crippen molar-refractivity contribution in [2.75, 3.05) is 6.61 Å². The number of carbonyl (C=O) groups is 1. The Morgan fingerprint density at radius 3 is 1.82 bits per heavy atom. The molecule has 22 heavy (non-hydrogen) atoms. The van der Waals surface area contributed by atoms with Gasteiger partial charge in [-0.3, -0.25) is 4.79 Å².